The zero-order chi connectivity index (χ0) is 14.0. The van der Waals surface area contributed by atoms with Crippen LogP contribution in [0.15, 0.2) is 19.0 Å². The third kappa shape index (κ3) is 2.90. The number of aromatic amines is 1. The highest BCUT2D eigenvalue weighted by Gasteiger charge is 2.13. The Kier molecular flexibility index (Phi) is 3.50. The van der Waals surface area contributed by atoms with E-state index in [1.54, 1.807) is 12.4 Å². The monoisotopic (exact) mass is 260 g/mol. The highest BCUT2D eigenvalue weighted by Crippen LogP contribution is 2.23. The topological polar surface area (TPSA) is 79.9 Å². The fourth-order valence-corrected chi connectivity index (χ4v) is 1.52. The number of carbonyl (C=O) groups excluding carboxylic acids is 1. The van der Waals surface area contributed by atoms with Gasteiger partial charge in [0, 0.05) is 12.2 Å². The molecule has 2 N–H and O–H groups in total. The highest BCUT2D eigenvalue weighted by atomic mass is 16.6. The quantitative estimate of drug-likeness (QED) is 0.888. The first kappa shape index (κ1) is 13.1. The lowest BCUT2D eigenvalue weighted by Crippen LogP contribution is -2.32. The van der Waals surface area contributed by atoms with Gasteiger partial charge in [-0.2, -0.15) is 0 Å². The lowest BCUT2D eigenvalue weighted by molar-refractivity contribution is 0.198. The number of nitrogens with zero attached hydrogens (tertiary/aromatic N) is 2. The summed E-state index contributed by atoms with van der Waals surface area (Å²) in [5.41, 5.74) is 2.55. The first-order chi connectivity index (χ1) is 8.97. The van der Waals surface area contributed by atoms with E-state index in [0.717, 1.165) is 5.57 Å². The molecule has 0 aliphatic heterocycles. The number of ether oxygens (including phenoxy) is 1. The summed E-state index contributed by atoms with van der Waals surface area (Å²) >= 11 is 0. The van der Waals surface area contributed by atoms with Crippen LogP contribution in [0.1, 0.15) is 26.5 Å². The summed E-state index contributed by atoms with van der Waals surface area (Å²) in [5.74, 6) is 0.351. The van der Waals surface area contributed by atoms with Gasteiger partial charge in [-0.05, 0) is 26.3 Å². The summed E-state index contributed by atoms with van der Waals surface area (Å²) < 4.78 is 5.20. The Morgan fingerprint density at radius 1 is 1.53 bits per heavy atom. The number of H-pyrrole nitrogens is 1. The SMILES string of the molecule is C=C(C)c1cnc2[nH]cc(OC(=O)NC(C)C)c2n1. The van der Waals surface area contributed by atoms with E-state index in [-0.39, 0.29) is 6.04 Å². The molecule has 2 rings (SSSR count). The Labute approximate surface area is 110 Å². The fraction of sp³-hybridized carbons (Fsp3) is 0.308. The molecule has 2 aromatic rings. The molecule has 2 aromatic heterocycles. The molecule has 2 heterocycles. The number of hydrogen-bond donors (Lipinski definition) is 2. The van der Waals surface area contributed by atoms with Crippen LogP contribution < -0.4 is 10.1 Å². The highest BCUT2D eigenvalue weighted by molar-refractivity contribution is 5.83. The molecular formula is C13H16N4O2. The summed E-state index contributed by atoms with van der Waals surface area (Å²) in [6, 6.07) is 0.00905. The smallest absolute Gasteiger partial charge is 0.406 e. The average Bonchev–Trinajstić information content (AvgIpc) is 2.70. The largest absolute Gasteiger partial charge is 0.412 e. The minimum atomic E-state index is -0.515. The van der Waals surface area contributed by atoms with Crippen molar-refractivity contribution in [2.45, 2.75) is 26.8 Å². The first-order valence-corrected chi connectivity index (χ1v) is 5.95. The molecule has 0 saturated heterocycles. The Morgan fingerprint density at radius 3 is 2.89 bits per heavy atom. The zero-order valence-electron chi connectivity index (χ0n) is 11.2. The van der Waals surface area contributed by atoms with E-state index < -0.39 is 6.09 Å². The molecule has 0 spiro atoms. The molecule has 1 amide bonds. The maximum absolute atomic E-state index is 11.6. The van der Waals surface area contributed by atoms with Gasteiger partial charge in [0.1, 0.15) is 0 Å². The molecule has 0 bridgehead atoms. The van der Waals surface area contributed by atoms with Crippen LogP contribution in [0.2, 0.25) is 0 Å². The van der Waals surface area contributed by atoms with Crippen molar-refractivity contribution in [2.24, 2.45) is 0 Å². The van der Waals surface area contributed by atoms with Gasteiger partial charge in [-0.15, -0.1) is 0 Å². The molecule has 0 fully saturated rings. The van der Waals surface area contributed by atoms with Crippen LogP contribution in [-0.4, -0.2) is 27.1 Å². The number of carbonyl (C=O) groups is 1. The Balaban J connectivity index is 2.30. The van der Waals surface area contributed by atoms with Crippen LogP contribution in [0.3, 0.4) is 0 Å². The third-order valence-electron chi connectivity index (χ3n) is 2.39. The van der Waals surface area contributed by atoms with Crippen LogP contribution in [0.4, 0.5) is 4.79 Å². The number of amides is 1. The van der Waals surface area contributed by atoms with Crippen LogP contribution in [0, 0.1) is 0 Å². The van der Waals surface area contributed by atoms with Gasteiger partial charge in [0.05, 0.1) is 11.9 Å². The maximum Gasteiger partial charge on any atom is 0.412 e. The second kappa shape index (κ2) is 5.09. The van der Waals surface area contributed by atoms with Gasteiger partial charge in [-0.3, -0.25) is 0 Å². The molecular weight excluding hydrogens is 244 g/mol. The normalized spacial score (nSPS) is 10.7. The van der Waals surface area contributed by atoms with Gasteiger partial charge in [-0.1, -0.05) is 6.58 Å². The van der Waals surface area contributed by atoms with Crippen molar-refractivity contribution in [1.82, 2.24) is 20.3 Å². The number of rotatable bonds is 3. The minimum Gasteiger partial charge on any atom is -0.406 e. The summed E-state index contributed by atoms with van der Waals surface area (Å²) in [6.07, 6.45) is 2.67. The summed E-state index contributed by atoms with van der Waals surface area (Å²) in [6.45, 7) is 9.37. The van der Waals surface area contributed by atoms with Gasteiger partial charge in [0.2, 0.25) is 0 Å². The van der Waals surface area contributed by atoms with E-state index in [4.69, 9.17) is 4.74 Å². The van der Waals surface area contributed by atoms with Crippen molar-refractivity contribution in [2.75, 3.05) is 0 Å². The predicted octanol–water partition coefficient (Wildman–Crippen LogP) is 2.49. The van der Waals surface area contributed by atoms with E-state index >= 15 is 0 Å². The molecule has 0 aliphatic rings. The summed E-state index contributed by atoms with van der Waals surface area (Å²) in [7, 11) is 0. The van der Waals surface area contributed by atoms with Gasteiger partial charge < -0.3 is 15.0 Å². The second-order valence-corrected chi connectivity index (χ2v) is 4.57. The molecule has 19 heavy (non-hydrogen) atoms. The van der Waals surface area contributed by atoms with Crippen molar-refractivity contribution in [1.29, 1.82) is 0 Å². The van der Waals surface area contributed by atoms with Gasteiger partial charge in [0.15, 0.2) is 16.9 Å². The predicted molar refractivity (Wildman–Crippen MR) is 72.9 cm³/mol. The van der Waals surface area contributed by atoms with Crippen molar-refractivity contribution < 1.29 is 9.53 Å². The number of aromatic nitrogens is 3. The van der Waals surface area contributed by atoms with Crippen LogP contribution in [0.5, 0.6) is 5.75 Å². The number of fused-ring (bicyclic) bond motifs is 1. The lowest BCUT2D eigenvalue weighted by atomic mass is 10.2. The molecule has 0 aliphatic carbocycles. The molecule has 6 nitrogen and oxygen atoms in total. The molecule has 100 valence electrons. The first-order valence-electron chi connectivity index (χ1n) is 5.95. The molecule has 0 radical (unpaired) electrons. The zero-order valence-corrected chi connectivity index (χ0v) is 11.2. The van der Waals surface area contributed by atoms with E-state index in [1.807, 2.05) is 20.8 Å². The van der Waals surface area contributed by atoms with E-state index in [1.165, 1.54) is 0 Å². The Morgan fingerprint density at radius 2 is 2.26 bits per heavy atom. The molecule has 0 atom stereocenters. The lowest BCUT2D eigenvalue weighted by Gasteiger charge is -2.07. The number of nitrogens with one attached hydrogen (secondary N) is 2. The van der Waals surface area contributed by atoms with Gasteiger partial charge in [0.25, 0.3) is 0 Å². The van der Waals surface area contributed by atoms with Crippen LogP contribution >= 0.6 is 0 Å². The number of hydrogen-bond acceptors (Lipinski definition) is 4. The maximum atomic E-state index is 11.6. The third-order valence-corrected chi connectivity index (χ3v) is 2.39. The Bertz CT molecular complexity index is 631. The summed E-state index contributed by atoms with van der Waals surface area (Å²) in [5, 5.41) is 2.64. The van der Waals surface area contributed by atoms with Crippen molar-refractivity contribution in [3.8, 4) is 5.75 Å². The second-order valence-electron chi connectivity index (χ2n) is 4.57. The summed E-state index contributed by atoms with van der Waals surface area (Å²) in [4.78, 5) is 23.0. The van der Waals surface area contributed by atoms with Gasteiger partial charge in [-0.25, -0.2) is 14.8 Å². The fourth-order valence-electron chi connectivity index (χ4n) is 1.52. The van der Waals surface area contributed by atoms with Crippen molar-refractivity contribution in [3.63, 3.8) is 0 Å². The molecule has 0 aromatic carbocycles. The van der Waals surface area contributed by atoms with E-state index in [9.17, 15) is 4.79 Å². The van der Waals surface area contributed by atoms with E-state index in [0.29, 0.717) is 22.6 Å². The molecule has 0 unspecified atom stereocenters. The van der Waals surface area contributed by atoms with Crippen molar-refractivity contribution >= 4 is 22.8 Å². The molecule has 0 saturated carbocycles. The average molecular weight is 260 g/mol. The van der Waals surface area contributed by atoms with Crippen LogP contribution in [-0.2, 0) is 0 Å². The van der Waals surface area contributed by atoms with Gasteiger partial charge >= 0.3 is 6.09 Å². The molecule has 6 heteroatoms. The minimum absolute atomic E-state index is 0.00905. The van der Waals surface area contributed by atoms with Crippen molar-refractivity contribution in [3.05, 3.63) is 24.7 Å². The van der Waals surface area contributed by atoms with Crippen LogP contribution in [0.25, 0.3) is 16.7 Å². The van der Waals surface area contributed by atoms with E-state index in [2.05, 4.69) is 26.8 Å². The Hall–Kier alpha value is -2.37. The number of allylic oxidation sites excluding steroid dienone is 1. The standard InChI is InChI=1S/C13H16N4O2/c1-7(2)9-5-14-12-11(17-9)10(6-15-12)19-13(18)16-8(3)4/h5-6,8H,1H2,2-4H3,(H,14,15)(H,16,18).